The Bertz CT molecular complexity index is 1370. The van der Waals surface area contributed by atoms with E-state index < -0.39 is 35.8 Å². The quantitative estimate of drug-likeness (QED) is 0.450. The van der Waals surface area contributed by atoms with Crippen molar-refractivity contribution in [1.82, 2.24) is 25.6 Å². The Morgan fingerprint density at radius 3 is 2.46 bits per heavy atom. The number of hydrogen-bond acceptors (Lipinski definition) is 5. The van der Waals surface area contributed by atoms with Crippen LogP contribution in [0.4, 0.5) is 13.6 Å². The minimum Gasteiger partial charge on any atom is -0.508 e. The number of carbonyl (C=O) groups is 3. The molecular weight excluding hydrogens is 508 g/mol. The highest BCUT2D eigenvalue weighted by atomic mass is 19.1. The average molecular weight is 536 g/mol. The third-order valence-corrected chi connectivity index (χ3v) is 6.87. The Balaban J connectivity index is 1.44. The molecule has 2 atom stereocenters. The molecule has 5 rings (SSSR count). The highest BCUT2D eigenvalue weighted by Gasteiger charge is 2.49. The zero-order chi connectivity index (χ0) is 27.5. The number of carbonyl (C=O) groups excluding carboxylic acids is 3. The fourth-order valence-corrected chi connectivity index (χ4v) is 4.91. The van der Waals surface area contributed by atoms with E-state index in [0.717, 1.165) is 17.7 Å². The van der Waals surface area contributed by atoms with Gasteiger partial charge >= 0.3 is 6.03 Å². The second-order valence-electron chi connectivity index (χ2n) is 9.47. The van der Waals surface area contributed by atoms with Crippen molar-refractivity contribution >= 4 is 17.8 Å². The second-order valence-corrected chi connectivity index (χ2v) is 9.47. The number of aromatic hydroxyl groups is 1. The fraction of sp³-hybridized carbons (Fsp3) is 0.250. The standard InChI is InChI=1S/C28H27F2N5O4/c29-21-9-8-20(23(30)13-21)16-33-17-25-34(24(27(33)38)12-18-6-10-22(36)11-7-18)26(37)15-32-35(25)28(39)31-14-19-4-2-1-3-5-19/h1-11,13,24-25,32,36H,12,14-17H2,(H,31,39)/t24-,25-/m0/s1. The van der Waals surface area contributed by atoms with Crippen LogP contribution < -0.4 is 10.7 Å². The maximum absolute atomic E-state index is 14.5. The molecule has 0 spiro atoms. The summed E-state index contributed by atoms with van der Waals surface area (Å²) in [4.78, 5) is 42.9. The predicted molar refractivity (Wildman–Crippen MR) is 137 cm³/mol. The zero-order valence-electron chi connectivity index (χ0n) is 20.9. The van der Waals surface area contributed by atoms with Crippen LogP contribution in [-0.2, 0) is 29.1 Å². The van der Waals surface area contributed by atoms with Crippen LogP contribution in [0, 0.1) is 11.6 Å². The summed E-state index contributed by atoms with van der Waals surface area (Å²) in [5, 5.41) is 13.8. The summed E-state index contributed by atoms with van der Waals surface area (Å²) in [6.45, 7) is -0.200. The molecule has 11 heteroatoms. The van der Waals surface area contributed by atoms with Crippen LogP contribution in [-0.4, -0.2) is 63.1 Å². The summed E-state index contributed by atoms with van der Waals surface area (Å²) in [5.41, 5.74) is 4.53. The summed E-state index contributed by atoms with van der Waals surface area (Å²) in [6.07, 6.45) is -0.770. The van der Waals surface area contributed by atoms with E-state index in [1.807, 2.05) is 30.3 Å². The van der Waals surface area contributed by atoms with Gasteiger partial charge in [-0.25, -0.2) is 24.0 Å². The summed E-state index contributed by atoms with van der Waals surface area (Å²) in [5.74, 6) is -2.27. The highest BCUT2D eigenvalue weighted by molar-refractivity contribution is 5.91. The molecule has 202 valence electrons. The van der Waals surface area contributed by atoms with Gasteiger partial charge in [0, 0.05) is 31.1 Å². The van der Waals surface area contributed by atoms with Crippen molar-refractivity contribution in [3.8, 4) is 5.75 Å². The molecule has 2 aliphatic heterocycles. The van der Waals surface area contributed by atoms with Gasteiger partial charge in [-0.2, -0.15) is 0 Å². The van der Waals surface area contributed by atoms with Gasteiger partial charge < -0.3 is 20.2 Å². The van der Waals surface area contributed by atoms with Gasteiger partial charge in [0.1, 0.15) is 29.6 Å². The lowest BCUT2D eigenvalue weighted by atomic mass is 9.98. The monoisotopic (exact) mass is 535 g/mol. The number of hydrogen-bond donors (Lipinski definition) is 3. The maximum atomic E-state index is 14.5. The van der Waals surface area contributed by atoms with Gasteiger partial charge in [-0.05, 0) is 29.3 Å². The molecular formula is C28H27F2N5O4. The summed E-state index contributed by atoms with van der Waals surface area (Å²) < 4.78 is 28.0. The molecule has 3 N–H and O–H groups in total. The van der Waals surface area contributed by atoms with Gasteiger partial charge in [0.15, 0.2) is 0 Å². The zero-order valence-corrected chi connectivity index (χ0v) is 20.9. The number of amides is 4. The minimum atomic E-state index is -0.990. The Morgan fingerprint density at radius 2 is 1.74 bits per heavy atom. The van der Waals surface area contributed by atoms with Crippen molar-refractivity contribution in [2.45, 2.75) is 31.7 Å². The topological polar surface area (TPSA) is 105 Å². The molecule has 0 bridgehead atoms. The molecule has 2 aliphatic rings. The summed E-state index contributed by atoms with van der Waals surface area (Å²) in [7, 11) is 0. The van der Waals surface area contributed by atoms with Crippen LogP contribution in [0.25, 0.3) is 0 Å². The number of piperazine rings is 1. The number of benzene rings is 3. The van der Waals surface area contributed by atoms with Crippen molar-refractivity contribution in [2.75, 3.05) is 13.1 Å². The van der Waals surface area contributed by atoms with Crippen LogP contribution in [0.1, 0.15) is 16.7 Å². The molecule has 0 saturated carbocycles. The van der Waals surface area contributed by atoms with E-state index in [-0.39, 0.29) is 49.8 Å². The molecule has 3 aromatic rings. The van der Waals surface area contributed by atoms with Crippen LogP contribution in [0.5, 0.6) is 5.75 Å². The minimum absolute atomic E-state index is 0.0551. The lowest BCUT2D eigenvalue weighted by Gasteiger charge is -2.52. The lowest BCUT2D eigenvalue weighted by molar-refractivity contribution is -0.170. The molecule has 3 aromatic carbocycles. The largest absolute Gasteiger partial charge is 0.508 e. The summed E-state index contributed by atoms with van der Waals surface area (Å²) >= 11 is 0. The van der Waals surface area contributed by atoms with Gasteiger partial charge in [-0.3, -0.25) is 9.59 Å². The first kappa shape index (κ1) is 26.1. The molecule has 9 nitrogen and oxygen atoms in total. The number of urea groups is 1. The Labute approximate surface area is 223 Å². The van der Waals surface area contributed by atoms with Crippen molar-refractivity contribution in [1.29, 1.82) is 0 Å². The molecule has 2 saturated heterocycles. The number of rotatable bonds is 6. The van der Waals surface area contributed by atoms with E-state index >= 15 is 0 Å². The molecule has 2 fully saturated rings. The number of nitrogens with one attached hydrogen (secondary N) is 2. The van der Waals surface area contributed by atoms with Gasteiger partial charge in [0.05, 0.1) is 13.1 Å². The predicted octanol–water partition coefficient (Wildman–Crippen LogP) is 2.51. The number of hydrazine groups is 1. The van der Waals surface area contributed by atoms with Gasteiger partial charge in [0.2, 0.25) is 11.8 Å². The molecule has 0 radical (unpaired) electrons. The van der Waals surface area contributed by atoms with E-state index in [1.54, 1.807) is 12.1 Å². The van der Waals surface area contributed by atoms with Crippen LogP contribution in [0.15, 0.2) is 72.8 Å². The number of nitrogens with zero attached hydrogens (tertiary/aromatic N) is 3. The van der Waals surface area contributed by atoms with Gasteiger partial charge in [-0.1, -0.05) is 48.5 Å². The van der Waals surface area contributed by atoms with E-state index in [0.29, 0.717) is 5.56 Å². The highest BCUT2D eigenvalue weighted by Crippen LogP contribution is 2.27. The van der Waals surface area contributed by atoms with Crippen molar-refractivity contribution in [3.05, 3.63) is 101 Å². The van der Waals surface area contributed by atoms with Crippen LogP contribution in [0.2, 0.25) is 0 Å². The Hall–Kier alpha value is -4.51. The normalized spacial score (nSPS) is 19.2. The van der Waals surface area contributed by atoms with Crippen LogP contribution in [0.3, 0.4) is 0 Å². The first-order chi connectivity index (χ1) is 18.8. The van der Waals surface area contributed by atoms with Crippen molar-refractivity contribution in [3.63, 3.8) is 0 Å². The van der Waals surface area contributed by atoms with Gasteiger partial charge in [-0.15, -0.1) is 0 Å². The number of fused-ring (bicyclic) bond motifs is 1. The van der Waals surface area contributed by atoms with E-state index in [4.69, 9.17) is 0 Å². The van der Waals surface area contributed by atoms with Crippen molar-refractivity contribution < 1.29 is 28.3 Å². The van der Waals surface area contributed by atoms with Crippen molar-refractivity contribution in [2.24, 2.45) is 0 Å². The number of phenolic OH excluding ortho intramolecular Hbond substituents is 1. The first-order valence-electron chi connectivity index (χ1n) is 12.5. The number of halogens is 2. The SMILES string of the molecule is O=C1[C@H](Cc2ccc(O)cc2)N2C(=O)CNN(C(=O)NCc3ccccc3)[C@H]2CN1Cc1ccc(F)cc1F. The second kappa shape index (κ2) is 11.1. The third-order valence-electron chi connectivity index (χ3n) is 6.87. The molecule has 0 unspecified atom stereocenters. The lowest BCUT2D eigenvalue weighted by Crippen LogP contribution is -2.76. The molecule has 2 heterocycles. The molecule has 0 aromatic heterocycles. The van der Waals surface area contributed by atoms with E-state index in [9.17, 15) is 28.3 Å². The van der Waals surface area contributed by atoms with Crippen LogP contribution >= 0.6 is 0 Å². The maximum Gasteiger partial charge on any atom is 0.334 e. The Morgan fingerprint density at radius 1 is 1.00 bits per heavy atom. The van der Waals surface area contributed by atoms with E-state index in [1.165, 1.54) is 33.0 Å². The summed E-state index contributed by atoms with van der Waals surface area (Å²) in [6, 6.07) is 17.2. The molecule has 0 aliphatic carbocycles. The van der Waals surface area contributed by atoms with Gasteiger partial charge in [0.25, 0.3) is 0 Å². The molecule has 39 heavy (non-hydrogen) atoms. The molecule has 4 amide bonds. The number of phenols is 1. The Kier molecular flexibility index (Phi) is 7.42. The first-order valence-corrected chi connectivity index (χ1v) is 12.5. The smallest absolute Gasteiger partial charge is 0.334 e. The third kappa shape index (κ3) is 5.68. The fourth-order valence-electron chi connectivity index (χ4n) is 4.91. The van der Waals surface area contributed by atoms with E-state index in [2.05, 4.69) is 10.7 Å². The average Bonchev–Trinajstić information content (AvgIpc) is 2.93.